The van der Waals surface area contributed by atoms with Gasteiger partial charge in [-0.2, -0.15) is 0 Å². The number of aliphatic hydroxyl groups excluding tert-OH is 1. The van der Waals surface area contributed by atoms with Crippen molar-refractivity contribution in [1.82, 2.24) is 0 Å². The van der Waals surface area contributed by atoms with Gasteiger partial charge in [-0.3, -0.25) is 4.79 Å². The molecule has 14 heavy (non-hydrogen) atoms. The Bertz CT molecular complexity index is 329. The molecule has 0 radical (unpaired) electrons. The van der Waals surface area contributed by atoms with Gasteiger partial charge in [-0.25, -0.2) is 0 Å². The highest BCUT2D eigenvalue weighted by Crippen LogP contribution is 2.02. The molecule has 0 saturated carbocycles. The van der Waals surface area contributed by atoms with Crippen LogP contribution < -0.4 is 0 Å². The second kappa shape index (κ2) is 5.40. The molecule has 0 amide bonds. The van der Waals surface area contributed by atoms with E-state index in [1.165, 1.54) is 0 Å². The number of hydrogen-bond donors (Lipinski definition) is 1. The Morgan fingerprint density at radius 1 is 1.64 bits per heavy atom. The number of carbonyl (C=O) groups is 1. The van der Waals surface area contributed by atoms with Crippen molar-refractivity contribution in [2.24, 2.45) is 0 Å². The summed E-state index contributed by atoms with van der Waals surface area (Å²) in [6.45, 7) is -0.297. The average molecular weight is 200 g/mol. The lowest BCUT2D eigenvalue weighted by Crippen LogP contribution is -2.12. The molecule has 0 saturated heterocycles. The topological polar surface area (TPSA) is 46.5 Å². The number of benzene rings is 1. The second-order valence-electron chi connectivity index (χ2n) is 2.83. The Hall–Kier alpha value is -1.35. The molecule has 3 heteroatoms. The third-order valence-corrected chi connectivity index (χ3v) is 1.55. The predicted octanol–water partition coefficient (Wildman–Crippen LogP) is 1.50. The molecule has 0 spiro atoms. The maximum atomic E-state index is 11.3. The van der Waals surface area contributed by atoms with E-state index in [9.17, 15) is 4.79 Å². The molecule has 1 aromatic rings. The van der Waals surface area contributed by atoms with Crippen LogP contribution in [0.1, 0.15) is 21.6 Å². The number of rotatable bonds is 4. The van der Waals surface area contributed by atoms with Gasteiger partial charge in [0.25, 0.3) is 0 Å². The largest absolute Gasteiger partial charge is 0.461 e. The summed E-state index contributed by atoms with van der Waals surface area (Å²) in [6.07, 6.45) is -2.69. The van der Waals surface area contributed by atoms with E-state index >= 15 is 0 Å². The molecule has 0 bridgehead atoms. The zero-order valence-electron chi connectivity index (χ0n) is 9.72. The van der Waals surface area contributed by atoms with Crippen molar-refractivity contribution < 1.29 is 17.4 Å². The van der Waals surface area contributed by atoms with Crippen LogP contribution in [-0.4, -0.2) is 17.2 Å². The molecular formula is C11H14O3. The van der Waals surface area contributed by atoms with Crippen molar-refractivity contribution in [3.63, 3.8) is 0 Å². The summed E-state index contributed by atoms with van der Waals surface area (Å²) in [7, 11) is 0. The van der Waals surface area contributed by atoms with Gasteiger partial charge in [-0.05, 0) is 12.5 Å². The van der Waals surface area contributed by atoms with Crippen molar-refractivity contribution in [2.45, 2.75) is 26.0 Å². The molecule has 2 atom stereocenters. The monoisotopic (exact) mass is 200 g/mol. The van der Waals surface area contributed by atoms with Crippen molar-refractivity contribution in [1.29, 1.82) is 0 Å². The summed E-state index contributed by atoms with van der Waals surface area (Å²) in [6, 6.07) is 9.09. The van der Waals surface area contributed by atoms with E-state index in [4.69, 9.17) is 12.6 Å². The number of ether oxygens (including phenoxy) is 1. The van der Waals surface area contributed by atoms with Gasteiger partial charge in [0.1, 0.15) is 6.61 Å². The van der Waals surface area contributed by atoms with E-state index in [1.54, 1.807) is 12.1 Å². The molecule has 0 aliphatic heterocycles. The lowest BCUT2D eigenvalue weighted by atomic mass is 10.2. The van der Waals surface area contributed by atoms with Crippen LogP contribution in [-0.2, 0) is 16.1 Å². The molecule has 1 N–H and O–H groups in total. The van der Waals surface area contributed by atoms with Crippen LogP contribution in [0.2, 0.25) is 0 Å². The zero-order valence-corrected chi connectivity index (χ0v) is 7.72. The molecule has 0 aliphatic carbocycles. The summed E-state index contributed by atoms with van der Waals surface area (Å²) < 4.78 is 19.0. The molecule has 0 aliphatic rings. The van der Waals surface area contributed by atoms with Crippen molar-refractivity contribution >= 4 is 5.97 Å². The van der Waals surface area contributed by atoms with Crippen LogP contribution in [0.5, 0.6) is 0 Å². The fourth-order valence-electron chi connectivity index (χ4n) is 0.934. The maximum absolute atomic E-state index is 11.3. The van der Waals surface area contributed by atoms with Crippen LogP contribution in [0.4, 0.5) is 0 Å². The van der Waals surface area contributed by atoms with E-state index in [0.29, 0.717) is 0 Å². The molecule has 3 nitrogen and oxygen atoms in total. The first-order valence-electron chi connectivity index (χ1n) is 5.53. The Labute approximate surface area is 86.1 Å². The summed E-state index contributed by atoms with van der Waals surface area (Å²) in [4.78, 5) is 11.3. The fourth-order valence-corrected chi connectivity index (χ4v) is 0.934. The van der Waals surface area contributed by atoms with E-state index in [-0.39, 0.29) is 13.5 Å². The van der Waals surface area contributed by atoms with Gasteiger partial charge in [-0.15, -0.1) is 0 Å². The molecule has 1 rings (SSSR count). The summed E-state index contributed by atoms with van der Waals surface area (Å²) in [5.74, 6) is -0.802. The molecule has 0 aromatic heterocycles. The van der Waals surface area contributed by atoms with Gasteiger partial charge in [0.05, 0.1) is 12.5 Å². The van der Waals surface area contributed by atoms with Crippen LogP contribution in [0, 0.1) is 0 Å². The van der Waals surface area contributed by atoms with Gasteiger partial charge in [0.15, 0.2) is 0 Å². The summed E-state index contributed by atoms with van der Waals surface area (Å²) in [5, 5.41) is 9.12. The minimum atomic E-state index is -1.40. The predicted molar refractivity (Wildman–Crippen MR) is 52.5 cm³/mol. The smallest absolute Gasteiger partial charge is 0.308 e. The zero-order chi connectivity index (χ0) is 12.0. The van der Waals surface area contributed by atoms with E-state index in [1.807, 2.05) is 18.2 Å². The van der Waals surface area contributed by atoms with E-state index < -0.39 is 18.5 Å². The van der Waals surface area contributed by atoms with Crippen molar-refractivity contribution in [3.8, 4) is 0 Å². The lowest BCUT2D eigenvalue weighted by Gasteiger charge is -2.05. The third-order valence-electron chi connectivity index (χ3n) is 1.55. The fraction of sp³-hybridized carbons (Fsp3) is 0.364. The van der Waals surface area contributed by atoms with Gasteiger partial charge in [0.2, 0.25) is 0 Å². The third kappa shape index (κ3) is 4.05. The van der Waals surface area contributed by atoms with Gasteiger partial charge >= 0.3 is 5.97 Å². The molecule has 1 aromatic carbocycles. The molecule has 76 valence electrons. The first-order valence-corrected chi connectivity index (χ1v) is 4.25. The minimum Gasteiger partial charge on any atom is -0.461 e. The quantitative estimate of drug-likeness (QED) is 0.591. The number of aliphatic hydroxyl groups is 1. The highest BCUT2D eigenvalue weighted by atomic mass is 16.6. The minimum absolute atomic E-state index is 0.0831. The Morgan fingerprint density at radius 3 is 3.00 bits per heavy atom. The molecule has 0 fully saturated rings. The van der Waals surface area contributed by atoms with Gasteiger partial charge in [-0.1, -0.05) is 30.3 Å². The van der Waals surface area contributed by atoms with Crippen LogP contribution in [0.3, 0.4) is 0 Å². The first kappa shape index (κ1) is 8.00. The van der Waals surface area contributed by atoms with Gasteiger partial charge in [0, 0.05) is 2.74 Å². The Morgan fingerprint density at radius 2 is 2.36 bits per heavy atom. The number of hydrogen-bond acceptors (Lipinski definition) is 3. The molecule has 0 unspecified atom stereocenters. The van der Waals surface area contributed by atoms with Crippen molar-refractivity contribution in [3.05, 3.63) is 35.9 Å². The summed E-state index contributed by atoms with van der Waals surface area (Å²) >= 11 is 0. The number of carbonyl (C=O) groups excluding carboxylic acids is 1. The number of esters is 1. The van der Waals surface area contributed by atoms with Crippen LogP contribution in [0.15, 0.2) is 30.3 Å². The SMILES string of the molecule is [2H][13CH2][13C@@H](O)[13C@H]([2H])[13C](=O)OCc1ccccc1. The van der Waals surface area contributed by atoms with E-state index in [0.717, 1.165) is 5.56 Å². The highest BCUT2D eigenvalue weighted by Gasteiger charge is 2.06. The highest BCUT2D eigenvalue weighted by molar-refractivity contribution is 5.69. The standard InChI is InChI=1S/C11H14O3/c1-9(12)7-11(13)14-8-10-5-3-2-4-6-10/h2-6,9,12H,7-8H2,1H3/t9-/m1/s1/i1+1D,7+1D,9+1,11+1/t7-,9+/m0. The summed E-state index contributed by atoms with van der Waals surface area (Å²) in [5.41, 5.74) is 0.823. The van der Waals surface area contributed by atoms with Crippen molar-refractivity contribution in [2.75, 3.05) is 0 Å². The van der Waals surface area contributed by atoms with Gasteiger partial charge < -0.3 is 9.84 Å². The average Bonchev–Trinajstić information content (AvgIpc) is 2.35. The Balaban J connectivity index is 2.41. The lowest BCUT2D eigenvalue weighted by molar-refractivity contribution is -0.146. The van der Waals surface area contributed by atoms with E-state index in [2.05, 4.69) is 0 Å². The molecular weight excluding hydrogens is 184 g/mol. The first-order chi connectivity index (χ1) is 7.65. The van der Waals surface area contributed by atoms with Crippen LogP contribution >= 0.6 is 0 Å². The molecule has 0 heterocycles. The van der Waals surface area contributed by atoms with Crippen LogP contribution in [0.25, 0.3) is 0 Å². The maximum Gasteiger partial charge on any atom is 0.308 e. The second-order valence-corrected chi connectivity index (χ2v) is 2.83. The Kier molecular flexibility index (Phi) is 3.08. The normalized spacial score (nSPS) is 16.4.